The normalized spacial score (nSPS) is 10.2. The first-order valence-corrected chi connectivity index (χ1v) is 6.59. The molecule has 0 spiro atoms. The summed E-state index contributed by atoms with van der Waals surface area (Å²) in [6.45, 7) is 0. The van der Waals surface area contributed by atoms with E-state index in [1.54, 1.807) is 0 Å². The van der Waals surface area contributed by atoms with Crippen LogP contribution in [0.5, 0.6) is 0 Å². The van der Waals surface area contributed by atoms with Crippen LogP contribution in [0, 0.1) is 0 Å². The smallest absolute Gasteiger partial charge is 0.150 e. The van der Waals surface area contributed by atoms with Crippen molar-refractivity contribution in [2.45, 2.75) is 0 Å². The van der Waals surface area contributed by atoms with Crippen LogP contribution in [0.3, 0.4) is 0 Å². The molecule has 0 N–H and O–H groups in total. The Balaban J connectivity index is 2.23. The molecule has 0 unspecified atom stereocenters. The van der Waals surface area contributed by atoms with Crippen molar-refractivity contribution in [1.82, 2.24) is 0 Å². The maximum atomic E-state index is 11.2. The largest absolute Gasteiger partial charge is 0.298 e. The predicted octanol–water partition coefficient (Wildman–Crippen LogP) is 4.83. The van der Waals surface area contributed by atoms with Crippen molar-refractivity contribution in [2.24, 2.45) is 0 Å². The number of hydrogen-bond donors (Lipinski definition) is 0. The van der Waals surface area contributed by atoms with Gasteiger partial charge in [0.05, 0.1) is 0 Å². The summed E-state index contributed by atoms with van der Waals surface area (Å²) in [5.74, 6) is 0. The van der Waals surface area contributed by atoms with Gasteiger partial charge < -0.3 is 0 Å². The first kappa shape index (κ1) is 12.4. The summed E-state index contributed by atoms with van der Waals surface area (Å²) in [5.41, 5.74) is 5.07. The molecule has 1 heteroatoms. The summed E-state index contributed by atoms with van der Waals surface area (Å²) in [6, 6.07) is 26.1. The Kier molecular flexibility index (Phi) is 3.42. The maximum absolute atomic E-state index is 11.2. The second-order valence-electron chi connectivity index (χ2n) is 4.62. The monoisotopic (exact) mass is 258 g/mol. The average molecular weight is 258 g/mol. The van der Waals surface area contributed by atoms with Gasteiger partial charge in [-0.05, 0) is 22.3 Å². The van der Waals surface area contributed by atoms with E-state index in [0.29, 0.717) is 0 Å². The highest BCUT2D eigenvalue weighted by Gasteiger charge is 2.09. The molecule has 0 radical (unpaired) electrons. The van der Waals surface area contributed by atoms with Crippen LogP contribution in [0.4, 0.5) is 0 Å². The molecule has 20 heavy (non-hydrogen) atoms. The van der Waals surface area contributed by atoms with Crippen LogP contribution in [0.1, 0.15) is 10.4 Å². The molecule has 0 bridgehead atoms. The zero-order valence-corrected chi connectivity index (χ0v) is 11.0. The van der Waals surface area contributed by atoms with Gasteiger partial charge in [0.2, 0.25) is 0 Å². The van der Waals surface area contributed by atoms with Gasteiger partial charge in [-0.3, -0.25) is 4.79 Å². The van der Waals surface area contributed by atoms with Gasteiger partial charge in [0, 0.05) is 5.56 Å². The molecular formula is C19H14O. The Morgan fingerprint density at radius 2 is 1.10 bits per heavy atom. The zero-order chi connectivity index (χ0) is 13.8. The van der Waals surface area contributed by atoms with Gasteiger partial charge in [0.1, 0.15) is 0 Å². The lowest BCUT2D eigenvalue weighted by Crippen LogP contribution is -1.90. The Labute approximate surface area is 118 Å². The highest BCUT2D eigenvalue weighted by atomic mass is 16.1. The fourth-order valence-corrected chi connectivity index (χ4v) is 2.43. The number of benzene rings is 3. The lowest BCUT2D eigenvalue weighted by Gasteiger charge is -2.11. The Morgan fingerprint density at radius 1 is 0.550 bits per heavy atom. The second kappa shape index (κ2) is 5.54. The highest BCUT2D eigenvalue weighted by molar-refractivity contribution is 5.93. The molecule has 0 amide bonds. The number of carbonyl (C=O) groups excluding carboxylic acids is 1. The van der Waals surface area contributed by atoms with E-state index < -0.39 is 0 Å². The molecular weight excluding hydrogens is 244 g/mol. The first-order valence-electron chi connectivity index (χ1n) is 6.59. The Morgan fingerprint density at radius 3 is 1.80 bits per heavy atom. The lowest BCUT2D eigenvalue weighted by molar-refractivity contribution is 0.112. The van der Waals surface area contributed by atoms with Crippen molar-refractivity contribution in [1.29, 1.82) is 0 Å². The molecule has 3 aromatic rings. The van der Waals surface area contributed by atoms with Crippen LogP contribution < -0.4 is 0 Å². The molecule has 0 saturated heterocycles. The van der Waals surface area contributed by atoms with Gasteiger partial charge in [-0.25, -0.2) is 0 Å². The van der Waals surface area contributed by atoms with Crippen molar-refractivity contribution in [3.05, 3.63) is 84.4 Å². The van der Waals surface area contributed by atoms with E-state index >= 15 is 0 Å². The fourth-order valence-electron chi connectivity index (χ4n) is 2.43. The summed E-state index contributed by atoms with van der Waals surface area (Å²) < 4.78 is 0. The van der Waals surface area contributed by atoms with Crippen LogP contribution >= 0.6 is 0 Å². The molecule has 0 aliphatic carbocycles. The van der Waals surface area contributed by atoms with E-state index in [9.17, 15) is 4.79 Å². The minimum absolute atomic E-state index is 0.718. The van der Waals surface area contributed by atoms with E-state index in [0.717, 1.165) is 34.1 Å². The number of rotatable bonds is 3. The standard InChI is InChI=1S/C19H14O/c20-14-16-10-4-5-12-18(16)19-13-7-6-11-17(19)15-8-2-1-3-9-15/h1-14H. The van der Waals surface area contributed by atoms with Crippen molar-refractivity contribution in [3.63, 3.8) is 0 Å². The van der Waals surface area contributed by atoms with Crippen LogP contribution in [0.15, 0.2) is 78.9 Å². The first-order chi connectivity index (χ1) is 9.90. The van der Waals surface area contributed by atoms with E-state index in [1.807, 2.05) is 54.6 Å². The SMILES string of the molecule is O=Cc1ccccc1-c1ccccc1-c1ccccc1. The molecule has 0 saturated carbocycles. The number of aldehydes is 1. The molecule has 3 rings (SSSR count). The summed E-state index contributed by atoms with van der Waals surface area (Å²) >= 11 is 0. The van der Waals surface area contributed by atoms with Gasteiger partial charge in [-0.2, -0.15) is 0 Å². The van der Waals surface area contributed by atoms with E-state index in [4.69, 9.17) is 0 Å². The predicted molar refractivity (Wildman–Crippen MR) is 82.7 cm³/mol. The minimum Gasteiger partial charge on any atom is -0.298 e. The lowest BCUT2D eigenvalue weighted by atomic mass is 9.92. The second-order valence-corrected chi connectivity index (χ2v) is 4.62. The van der Waals surface area contributed by atoms with Crippen molar-refractivity contribution in [2.75, 3.05) is 0 Å². The fraction of sp³-hybridized carbons (Fsp3) is 0. The topological polar surface area (TPSA) is 17.1 Å². The molecule has 0 aliphatic heterocycles. The quantitative estimate of drug-likeness (QED) is 0.615. The number of hydrogen-bond acceptors (Lipinski definition) is 1. The highest BCUT2D eigenvalue weighted by Crippen LogP contribution is 2.33. The molecule has 1 nitrogen and oxygen atoms in total. The van der Waals surface area contributed by atoms with Crippen molar-refractivity contribution < 1.29 is 4.79 Å². The maximum Gasteiger partial charge on any atom is 0.150 e. The van der Waals surface area contributed by atoms with E-state index in [2.05, 4.69) is 24.3 Å². The summed E-state index contributed by atoms with van der Waals surface area (Å²) in [5, 5.41) is 0. The van der Waals surface area contributed by atoms with E-state index in [1.165, 1.54) is 0 Å². The Bertz CT molecular complexity index is 730. The third-order valence-electron chi connectivity index (χ3n) is 3.39. The molecule has 0 heterocycles. The average Bonchev–Trinajstić information content (AvgIpc) is 2.55. The zero-order valence-electron chi connectivity index (χ0n) is 11.0. The van der Waals surface area contributed by atoms with Crippen LogP contribution in [-0.2, 0) is 0 Å². The van der Waals surface area contributed by atoms with Crippen LogP contribution in [0.25, 0.3) is 22.3 Å². The summed E-state index contributed by atoms with van der Waals surface area (Å²) in [4.78, 5) is 11.2. The third kappa shape index (κ3) is 2.26. The van der Waals surface area contributed by atoms with Crippen LogP contribution in [-0.4, -0.2) is 6.29 Å². The molecule has 3 aromatic carbocycles. The van der Waals surface area contributed by atoms with Gasteiger partial charge in [-0.1, -0.05) is 78.9 Å². The van der Waals surface area contributed by atoms with E-state index in [-0.39, 0.29) is 0 Å². The summed E-state index contributed by atoms with van der Waals surface area (Å²) in [6.07, 6.45) is 0.914. The molecule has 0 aliphatic rings. The number of carbonyl (C=O) groups is 1. The van der Waals surface area contributed by atoms with Gasteiger partial charge >= 0.3 is 0 Å². The Hall–Kier alpha value is -2.67. The molecule has 0 aromatic heterocycles. The molecule has 0 atom stereocenters. The minimum atomic E-state index is 0.718. The molecule has 96 valence electrons. The van der Waals surface area contributed by atoms with Crippen LogP contribution in [0.2, 0.25) is 0 Å². The van der Waals surface area contributed by atoms with Crippen molar-refractivity contribution >= 4 is 6.29 Å². The summed E-state index contributed by atoms with van der Waals surface area (Å²) in [7, 11) is 0. The van der Waals surface area contributed by atoms with Gasteiger partial charge in [0.15, 0.2) is 6.29 Å². The third-order valence-corrected chi connectivity index (χ3v) is 3.39. The molecule has 0 fully saturated rings. The van der Waals surface area contributed by atoms with Gasteiger partial charge in [-0.15, -0.1) is 0 Å². The van der Waals surface area contributed by atoms with Gasteiger partial charge in [0.25, 0.3) is 0 Å². The van der Waals surface area contributed by atoms with Crippen molar-refractivity contribution in [3.8, 4) is 22.3 Å².